The highest BCUT2D eigenvalue weighted by molar-refractivity contribution is 4.81. The number of hydrogen-bond acceptors (Lipinski definition) is 1. The van der Waals surface area contributed by atoms with E-state index in [-0.39, 0.29) is 0 Å². The van der Waals surface area contributed by atoms with E-state index in [1.54, 1.807) is 0 Å². The molecule has 0 aliphatic rings. The molecule has 1 nitrogen and oxygen atoms in total. The molecule has 0 fully saturated rings. The molecule has 1 unspecified atom stereocenters. The van der Waals surface area contributed by atoms with Gasteiger partial charge in [-0.3, -0.25) is 0 Å². The fourth-order valence-corrected chi connectivity index (χ4v) is 2.84. The van der Waals surface area contributed by atoms with E-state index >= 15 is 0 Å². The van der Waals surface area contributed by atoms with Crippen molar-refractivity contribution in [3.63, 3.8) is 0 Å². The SMILES string of the molecule is CCCCCCC=CCCCCCCCCC(C)NCCC. The van der Waals surface area contributed by atoms with Gasteiger partial charge in [-0.15, -0.1) is 0 Å². The zero-order valence-electron chi connectivity index (χ0n) is 15.8. The van der Waals surface area contributed by atoms with Crippen molar-refractivity contribution in [3.05, 3.63) is 12.2 Å². The van der Waals surface area contributed by atoms with Crippen molar-refractivity contribution < 1.29 is 0 Å². The Morgan fingerprint density at radius 2 is 1.23 bits per heavy atom. The molecule has 0 heterocycles. The molecule has 0 amide bonds. The summed E-state index contributed by atoms with van der Waals surface area (Å²) in [6, 6.07) is 0.711. The summed E-state index contributed by atoms with van der Waals surface area (Å²) in [4.78, 5) is 0. The minimum atomic E-state index is 0.711. The third-order valence-corrected chi connectivity index (χ3v) is 4.39. The van der Waals surface area contributed by atoms with Gasteiger partial charge in [-0.2, -0.15) is 0 Å². The molecule has 0 rings (SSSR count). The van der Waals surface area contributed by atoms with Crippen molar-refractivity contribution in [2.45, 2.75) is 117 Å². The standard InChI is InChI=1S/C21H43N/c1-4-6-7-8-9-10-11-12-13-14-15-16-17-18-19-21(3)22-20-5-2/h10-11,21-22H,4-9,12-20H2,1-3H3. The molecule has 0 aromatic rings. The highest BCUT2D eigenvalue weighted by atomic mass is 14.9. The molecule has 0 aliphatic carbocycles. The molecule has 1 N–H and O–H groups in total. The summed E-state index contributed by atoms with van der Waals surface area (Å²) in [5.74, 6) is 0. The lowest BCUT2D eigenvalue weighted by molar-refractivity contribution is 0.478. The van der Waals surface area contributed by atoms with Crippen molar-refractivity contribution in [2.24, 2.45) is 0 Å². The second-order valence-corrected chi connectivity index (χ2v) is 6.87. The van der Waals surface area contributed by atoms with Crippen molar-refractivity contribution in [2.75, 3.05) is 6.54 Å². The Morgan fingerprint density at radius 3 is 1.82 bits per heavy atom. The summed E-state index contributed by atoms with van der Waals surface area (Å²) >= 11 is 0. The number of unbranched alkanes of at least 4 members (excludes halogenated alkanes) is 10. The molecule has 0 saturated carbocycles. The second kappa shape index (κ2) is 18.7. The monoisotopic (exact) mass is 309 g/mol. The largest absolute Gasteiger partial charge is 0.314 e. The summed E-state index contributed by atoms with van der Waals surface area (Å²) < 4.78 is 0. The van der Waals surface area contributed by atoms with Crippen LogP contribution < -0.4 is 5.32 Å². The molecule has 1 atom stereocenters. The molecular formula is C21H43N. The molecular weight excluding hydrogens is 266 g/mol. The van der Waals surface area contributed by atoms with E-state index in [4.69, 9.17) is 0 Å². The Hall–Kier alpha value is -0.300. The van der Waals surface area contributed by atoms with Crippen molar-refractivity contribution in [1.82, 2.24) is 5.32 Å². The van der Waals surface area contributed by atoms with Gasteiger partial charge in [-0.1, -0.05) is 77.4 Å². The number of rotatable bonds is 17. The normalized spacial score (nSPS) is 13.0. The van der Waals surface area contributed by atoms with E-state index in [1.165, 1.54) is 96.4 Å². The number of nitrogens with one attached hydrogen (secondary N) is 1. The second-order valence-electron chi connectivity index (χ2n) is 6.87. The Kier molecular flexibility index (Phi) is 18.5. The Morgan fingerprint density at radius 1 is 0.682 bits per heavy atom. The van der Waals surface area contributed by atoms with Crippen LogP contribution in [0.15, 0.2) is 12.2 Å². The average molecular weight is 310 g/mol. The fraction of sp³-hybridized carbons (Fsp3) is 0.905. The average Bonchev–Trinajstić information content (AvgIpc) is 2.53. The van der Waals surface area contributed by atoms with E-state index in [0.717, 1.165) is 0 Å². The zero-order valence-corrected chi connectivity index (χ0v) is 15.8. The van der Waals surface area contributed by atoms with E-state index in [0.29, 0.717) is 6.04 Å². The van der Waals surface area contributed by atoms with Crippen molar-refractivity contribution >= 4 is 0 Å². The smallest absolute Gasteiger partial charge is 0.00387 e. The first-order chi connectivity index (χ1) is 10.8. The molecule has 1 heteroatoms. The van der Waals surface area contributed by atoms with Crippen LogP contribution in [0.1, 0.15) is 111 Å². The van der Waals surface area contributed by atoms with Gasteiger partial charge in [0.15, 0.2) is 0 Å². The highest BCUT2D eigenvalue weighted by Gasteiger charge is 1.99. The fourth-order valence-electron chi connectivity index (χ4n) is 2.84. The van der Waals surface area contributed by atoms with Gasteiger partial charge in [-0.25, -0.2) is 0 Å². The minimum Gasteiger partial charge on any atom is -0.314 e. The van der Waals surface area contributed by atoms with Crippen LogP contribution in [0.4, 0.5) is 0 Å². The van der Waals surface area contributed by atoms with Crippen LogP contribution >= 0.6 is 0 Å². The molecule has 0 radical (unpaired) electrons. The maximum absolute atomic E-state index is 3.57. The summed E-state index contributed by atoms with van der Waals surface area (Å²) in [5, 5.41) is 3.57. The van der Waals surface area contributed by atoms with Crippen LogP contribution in [0.25, 0.3) is 0 Å². The number of allylic oxidation sites excluding steroid dienone is 2. The highest BCUT2D eigenvalue weighted by Crippen LogP contribution is 2.10. The van der Waals surface area contributed by atoms with Gasteiger partial charge in [0.2, 0.25) is 0 Å². The molecule has 0 aromatic heterocycles. The molecule has 132 valence electrons. The summed E-state index contributed by atoms with van der Waals surface area (Å²) in [6.45, 7) is 8.01. The molecule has 0 bridgehead atoms. The summed E-state index contributed by atoms with van der Waals surface area (Å²) in [6.07, 6.45) is 24.0. The Balaban J connectivity index is 3.12. The summed E-state index contributed by atoms with van der Waals surface area (Å²) in [7, 11) is 0. The molecule has 0 aromatic carbocycles. The van der Waals surface area contributed by atoms with Crippen molar-refractivity contribution in [1.29, 1.82) is 0 Å². The summed E-state index contributed by atoms with van der Waals surface area (Å²) in [5.41, 5.74) is 0. The van der Waals surface area contributed by atoms with Crippen LogP contribution in [0.3, 0.4) is 0 Å². The van der Waals surface area contributed by atoms with Crippen LogP contribution in [-0.2, 0) is 0 Å². The first-order valence-corrected chi connectivity index (χ1v) is 10.2. The topological polar surface area (TPSA) is 12.0 Å². The van der Waals surface area contributed by atoms with Crippen LogP contribution in [0, 0.1) is 0 Å². The Labute approximate surface area is 141 Å². The van der Waals surface area contributed by atoms with Gasteiger partial charge in [-0.05, 0) is 52.0 Å². The maximum Gasteiger partial charge on any atom is 0.00387 e. The van der Waals surface area contributed by atoms with Crippen molar-refractivity contribution in [3.8, 4) is 0 Å². The lowest BCUT2D eigenvalue weighted by atomic mass is 10.1. The predicted octanol–water partition coefficient (Wildman–Crippen LogP) is 7.02. The van der Waals surface area contributed by atoms with Gasteiger partial charge < -0.3 is 5.32 Å². The zero-order chi connectivity index (χ0) is 16.3. The molecule has 22 heavy (non-hydrogen) atoms. The number of hydrogen-bond donors (Lipinski definition) is 1. The first-order valence-electron chi connectivity index (χ1n) is 10.2. The van der Waals surface area contributed by atoms with Gasteiger partial charge in [0.05, 0.1) is 0 Å². The third kappa shape index (κ3) is 17.8. The lowest BCUT2D eigenvalue weighted by Gasteiger charge is -2.12. The van der Waals surface area contributed by atoms with E-state index in [2.05, 4.69) is 38.2 Å². The molecule has 0 saturated heterocycles. The maximum atomic E-state index is 3.57. The van der Waals surface area contributed by atoms with Gasteiger partial charge in [0.1, 0.15) is 0 Å². The predicted molar refractivity (Wildman–Crippen MR) is 103 cm³/mol. The van der Waals surface area contributed by atoms with E-state index in [1.807, 2.05) is 0 Å². The first kappa shape index (κ1) is 21.7. The molecule has 0 spiro atoms. The Bertz CT molecular complexity index is 222. The van der Waals surface area contributed by atoms with E-state index < -0.39 is 0 Å². The lowest BCUT2D eigenvalue weighted by Crippen LogP contribution is -2.26. The van der Waals surface area contributed by atoms with Gasteiger partial charge >= 0.3 is 0 Å². The van der Waals surface area contributed by atoms with Crippen LogP contribution in [0.2, 0.25) is 0 Å². The van der Waals surface area contributed by atoms with Gasteiger partial charge in [0, 0.05) is 6.04 Å². The van der Waals surface area contributed by atoms with Gasteiger partial charge in [0.25, 0.3) is 0 Å². The van der Waals surface area contributed by atoms with Crippen LogP contribution in [0.5, 0.6) is 0 Å². The van der Waals surface area contributed by atoms with Crippen LogP contribution in [-0.4, -0.2) is 12.6 Å². The van der Waals surface area contributed by atoms with E-state index in [9.17, 15) is 0 Å². The molecule has 0 aliphatic heterocycles. The quantitative estimate of drug-likeness (QED) is 0.225. The minimum absolute atomic E-state index is 0.711. The third-order valence-electron chi connectivity index (χ3n) is 4.39.